The van der Waals surface area contributed by atoms with Crippen LogP contribution in [0, 0.1) is 6.92 Å². The van der Waals surface area contributed by atoms with Gasteiger partial charge in [-0.05, 0) is 19.1 Å². The second kappa shape index (κ2) is 6.84. The first-order valence-electron chi connectivity index (χ1n) is 7.48. The number of hydrogen-bond donors (Lipinski definition) is 1. The van der Waals surface area contributed by atoms with Crippen molar-refractivity contribution in [3.8, 4) is 0 Å². The first-order valence-corrected chi connectivity index (χ1v) is 8.89. The van der Waals surface area contributed by atoms with Gasteiger partial charge in [0.05, 0.1) is 36.9 Å². The topological polar surface area (TPSA) is 91.3 Å². The van der Waals surface area contributed by atoms with Gasteiger partial charge in [-0.1, -0.05) is 17.7 Å². The normalized spacial score (nSPS) is 29.2. The van der Waals surface area contributed by atoms with E-state index >= 15 is 0 Å². The smallest absolute Gasteiger partial charge is 0.297 e. The summed E-state index contributed by atoms with van der Waals surface area (Å²) >= 11 is 0. The average Bonchev–Trinajstić information content (AvgIpc) is 3.15. The predicted molar refractivity (Wildman–Crippen MR) is 79.3 cm³/mol. The fourth-order valence-corrected chi connectivity index (χ4v) is 3.57. The third-order valence-electron chi connectivity index (χ3n) is 3.87. The van der Waals surface area contributed by atoms with Crippen LogP contribution in [0.1, 0.15) is 12.0 Å². The fourth-order valence-electron chi connectivity index (χ4n) is 2.63. The maximum absolute atomic E-state index is 12.1. The Balaban J connectivity index is 1.57. The largest absolute Gasteiger partial charge is 0.390 e. The SMILES string of the molecule is Cc1ccc(S(=O)(=O)OC[C@H]2C[C@@H](O)[C@H](C3OCCO3)O2)cc1. The molecule has 7 nitrogen and oxygen atoms in total. The molecule has 0 bridgehead atoms. The highest BCUT2D eigenvalue weighted by molar-refractivity contribution is 7.86. The molecule has 1 N–H and O–H groups in total. The minimum absolute atomic E-state index is 0.0978. The minimum atomic E-state index is -3.84. The summed E-state index contributed by atoms with van der Waals surface area (Å²) in [5.41, 5.74) is 0.964. The zero-order chi connectivity index (χ0) is 16.4. The Morgan fingerprint density at radius 3 is 2.52 bits per heavy atom. The third-order valence-corrected chi connectivity index (χ3v) is 5.16. The Kier molecular flexibility index (Phi) is 5.00. The lowest BCUT2D eigenvalue weighted by Crippen LogP contribution is -2.35. The Bertz CT molecular complexity index is 622. The van der Waals surface area contributed by atoms with Crippen molar-refractivity contribution in [1.29, 1.82) is 0 Å². The van der Waals surface area contributed by atoms with E-state index in [0.29, 0.717) is 13.2 Å². The van der Waals surface area contributed by atoms with Crippen molar-refractivity contribution in [3.63, 3.8) is 0 Å². The molecule has 1 aromatic rings. The van der Waals surface area contributed by atoms with Crippen molar-refractivity contribution in [3.05, 3.63) is 29.8 Å². The number of rotatable bonds is 5. The highest BCUT2D eigenvalue weighted by atomic mass is 32.2. The van der Waals surface area contributed by atoms with E-state index in [4.69, 9.17) is 18.4 Å². The van der Waals surface area contributed by atoms with Gasteiger partial charge < -0.3 is 19.3 Å². The molecular formula is C15H20O7S. The van der Waals surface area contributed by atoms with Crippen molar-refractivity contribution in [2.75, 3.05) is 19.8 Å². The van der Waals surface area contributed by atoms with Crippen LogP contribution in [0.25, 0.3) is 0 Å². The van der Waals surface area contributed by atoms with Gasteiger partial charge in [0.15, 0.2) is 6.29 Å². The van der Waals surface area contributed by atoms with Gasteiger partial charge in [0, 0.05) is 6.42 Å². The number of benzene rings is 1. The summed E-state index contributed by atoms with van der Waals surface area (Å²) in [6.45, 7) is 2.63. The van der Waals surface area contributed by atoms with Crippen molar-refractivity contribution in [2.24, 2.45) is 0 Å². The standard InChI is InChI=1S/C15H20O7S/c1-10-2-4-12(5-3-10)23(17,18)21-9-11-8-13(16)14(22-11)15-19-6-7-20-15/h2-5,11,13-16H,6-9H2,1H3/t11-,13-,14-/m1/s1. The molecule has 3 atom stereocenters. The van der Waals surface area contributed by atoms with Crippen molar-refractivity contribution < 1.29 is 31.9 Å². The van der Waals surface area contributed by atoms with Gasteiger partial charge in [-0.3, -0.25) is 4.18 Å². The molecule has 2 fully saturated rings. The molecule has 0 saturated carbocycles. The molecule has 128 valence electrons. The summed E-state index contributed by atoms with van der Waals surface area (Å²) in [6.07, 6.45) is -2.24. The van der Waals surface area contributed by atoms with Crippen molar-refractivity contribution >= 4 is 10.1 Å². The van der Waals surface area contributed by atoms with Crippen LogP contribution in [0.5, 0.6) is 0 Å². The average molecular weight is 344 g/mol. The van der Waals surface area contributed by atoms with Crippen LogP contribution in [0.4, 0.5) is 0 Å². The number of aliphatic hydroxyl groups excluding tert-OH is 1. The Morgan fingerprint density at radius 1 is 1.22 bits per heavy atom. The van der Waals surface area contributed by atoms with Gasteiger partial charge in [0.1, 0.15) is 6.10 Å². The first kappa shape index (κ1) is 16.8. The highest BCUT2D eigenvalue weighted by Gasteiger charge is 2.42. The number of hydrogen-bond acceptors (Lipinski definition) is 7. The van der Waals surface area contributed by atoms with E-state index in [9.17, 15) is 13.5 Å². The lowest BCUT2D eigenvalue weighted by atomic mass is 10.1. The van der Waals surface area contributed by atoms with E-state index in [1.807, 2.05) is 6.92 Å². The van der Waals surface area contributed by atoms with Gasteiger partial charge in [0.25, 0.3) is 10.1 Å². The van der Waals surface area contributed by atoms with Crippen LogP contribution in [0.15, 0.2) is 29.2 Å². The van der Waals surface area contributed by atoms with Crippen LogP contribution >= 0.6 is 0 Å². The molecule has 0 unspecified atom stereocenters. The van der Waals surface area contributed by atoms with E-state index in [1.54, 1.807) is 12.1 Å². The molecule has 0 aliphatic carbocycles. The van der Waals surface area contributed by atoms with Crippen LogP contribution in [0.3, 0.4) is 0 Å². The fraction of sp³-hybridized carbons (Fsp3) is 0.600. The van der Waals surface area contributed by atoms with Crippen molar-refractivity contribution in [2.45, 2.75) is 42.8 Å². The number of aliphatic hydroxyl groups is 1. The summed E-state index contributed by atoms with van der Waals surface area (Å²) in [6, 6.07) is 6.41. The number of aryl methyl sites for hydroxylation is 1. The monoisotopic (exact) mass is 344 g/mol. The highest BCUT2D eigenvalue weighted by Crippen LogP contribution is 2.27. The van der Waals surface area contributed by atoms with E-state index < -0.39 is 34.7 Å². The second-order valence-corrected chi connectivity index (χ2v) is 7.30. The predicted octanol–water partition coefficient (Wildman–Crippen LogP) is 0.592. The molecule has 8 heteroatoms. The summed E-state index contributed by atoms with van der Waals surface area (Å²) in [5.74, 6) is 0. The summed E-state index contributed by atoms with van der Waals surface area (Å²) in [4.78, 5) is 0.0978. The lowest BCUT2D eigenvalue weighted by Gasteiger charge is -2.20. The summed E-state index contributed by atoms with van der Waals surface area (Å²) < 4.78 is 45.6. The molecule has 0 aromatic heterocycles. The Hall–Kier alpha value is -1.03. The molecule has 2 heterocycles. The van der Waals surface area contributed by atoms with E-state index in [1.165, 1.54) is 12.1 Å². The Labute approximate surface area is 135 Å². The summed E-state index contributed by atoms with van der Waals surface area (Å²) in [7, 11) is -3.84. The molecular weight excluding hydrogens is 324 g/mol. The second-order valence-electron chi connectivity index (χ2n) is 5.69. The van der Waals surface area contributed by atoms with Crippen LogP contribution in [0.2, 0.25) is 0 Å². The Morgan fingerprint density at radius 2 is 1.87 bits per heavy atom. The zero-order valence-electron chi connectivity index (χ0n) is 12.8. The van der Waals surface area contributed by atoms with Gasteiger partial charge in [-0.25, -0.2) is 0 Å². The molecule has 0 amide bonds. The first-order chi connectivity index (χ1) is 11.0. The van der Waals surface area contributed by atoms with E-state index in [2.05, 4.69) is 0 Å². The van der Waals surface area contributed by atoms with E-state index in [0.717, 1.165) is 5.56 Å². The van der Waals surface area contributed by atoms with Crippen molar-refractivity contribution in [1.82, 2.24) is 0 Å². The quantitative estimate of drug-likeness (QED) is 0.782. The molecule has 2 aliphatic rings. The minimum Gasteiger partial charge on any atom is -0.390 e. The maximum atomic E-state index is 12.1. The molecule has 3 rings (SSSR count). The van der Waals surface area contributed by atoms with Crippen LogP contribution < -0.4 is 0 Å². The van der Waals surface area contributed by atoms with Gasteiger partial charge >= 0.3 is 0 Å². The van der Waals surface area contributed by atoms with E-state index in [-0.39, 0.29) is 17.9 Å². The summed E-state index contributed by atoms with van der Waals surface area (Å²) in [5, 5.41) is 10.0. The van der Waals surface area contributed by atoms with Crippen LogP contribution in [-0.4, -0.2) is 57.9 Å². The molecule has 2 aliphatic heterocycles. The third kappa shape index (κ3) is 3.90. The molecule has 1 aromatic carbocycles. The molecule has 0 radical (unpaired) electrons. The van der Waals surface area contributed by atoms with Gasteiger partial charge in [0.2, 0.25) is 0 Å². The van der Waals surface area contributed by atoms with Crippen LogP contribution in [-0.2, 0) is 28.5 Å². The number of ether oxygens (including phenoxy) is 3. The maximum Gasteiger partial charge on any atom is 0.297 e. The van der Waals surface area contributed by atoms with Gasteiger partial charge in [-0.15, -0.1) is 0 Å². The zero-order valence-corrected chi connectivity index (χ0v) is 13.6. The molecule has 2 saturated heterocycles. The van der Waals surface area contributed by atoms with Gasteiger partial charge in [-0.2, -0.15) is 8.42 Å². The molecule has 23 heavy (non-hydrogen) atoms. The lowest BCUT2D eigenvalue weighted by molar-refractivity contribution is -0.159. The molecule has 0 spiro atoms.